The molecule has 0 aliphatic heterocycles. The molecule has 1 aromatic rings. The van der Waals surface area contributed by atoms with Crippen molar-refractivity contribution in [2.45, 2.75) is 39.3 Å². The average Bonchev–Trinajstić information content (AvgIpc) is 2.27. The predicted octanol–water partition coefficient (Wildman–Crippen LogP) is 2.94. The number of nitrogens with zero attached hydrogens (tertiary/aromatic N) is 1. The molecule has 0 saturated carbocycles. The fraction of sp³-hybridized carbons (Fsp3) is 0.538. The third-order valence-electron chi connectivity index (χ3n) is 2.94. The molecule has 0 bridgehead atoms. The minimum atomic E-state index is 0.170. The van der Waals surface area contributed by atoms with Gasteiger partial charge in [0.2, 0.25) is 0 Å². The van der Waals surface area contributed by atoms with Crippen molar-refractivity contribution >= 4 is 5.69 Å². The smallest absolute Gasteiger partial charge is 0.0366 e. The van der Waals surface area contributed by atoms with Gasteiger partial charge < -0.3 is 10.6 Å². The Morgan fingerprint density at radius 1 is 1.20 bits per heavy atom. The summed E-state index contributed by atoms with van der Waals surface area (Å²) in [6.07, 6.45) is 0.985. The first-order chi connectivity index (χ1) is 7.06. The molecule has 84 valence electrons. The zero-order valence-electron chi connectivity index (χ0n) is 10.2. The van der Waals surface area contributed by atoms with Crippen molar-refractivity contribution in [1.82, 2.24) is 0 Å². The van der Waals surface area contributed by atoms with Gasteiger partial charge in [0.15, 0.2) is 0 Å². The molecule has 2 N–H and O–H groups in total. The quantitative estimate of drug-likeness (QED) is 0.820. The van der Waals surface area contributed by atoms with Crippen LogP contribution < -0.4 is 10.6 Å². The van der Waals surface area contributed by atoms with Gasteiger partial charge in [0.1, 0.15) is 0 Å². The number of nitrogens with two attached hydrogens (primary N) is 1. The lowest BCUT2D eigenvalue weighted by molar-refractivity contribution is 0.697. The molecule has 0 unspecified atom stereocenters. The maximum Gasteiger partial charge on any atom is 0.0366 e. The summed E-state index contributed by atoms with van der Waals surface area (Å²) in [6.45, 7) is 6.48. The molecule has 2 heteroatoms. The number of hydrogen-bond donors (Lipinski definition) is 1. The molecule has 0 fully saturated rings. The SMILES string of the molecule is CC[C@H](N)c1ccc(N(C)C(C)C)cc1. The van der Waals surface area contributed by atoms with Gasteiger partial charge in [0, 0.05) is 24.8 Å². The Labute approximate surface area is 93.1 Å². The van der Waals surface area contributed by atoms with E-state index in [2.05, 4.69) is 57.0 Å². The molecular weight excluding hydrogens is 184 g/mol. The summed E-state index contributed by atoms with van der Waals surface area (Å²) in [7, 11) is 2.11. The summed E-state index contributed by atoms with van der Waals surface area (Å²) in [4.78, 5) is 2.25. The Kier molecular flexibility index (Phi) is 4.15. The van der Waals surface area contributed by atoms with E-state index in [1.54, 1.807) is 0 Å². The molecule has 0 aliphatic carbocycles. The number of hydrogen-bond acceptors (Lipinski definition) is 2. The molecule has 0 heterocycles. The van der Waals surface area contributed by atoms with Gasteiger partial charge in [-0.2, -0.15) is 0 Å². The van der Waals surface area contributed by atoms with Crippen LogP contribution in [0.25, 0.3) is 0 Å². The van der Waals surface area contributed by atoms with Gasteiger partial charge in [-0.3, -0.25) is 0 Å². The largest absolute Gasteiger partial charge is 0.372 e. The topological polar surface area (TPSA) is 29.3 Å². The molecule has 1 atom stereocenters. The lowest BCUT2D eigenvalue weighted by Gasteiger charge is -2.24. The number of rotatable bonds is 4. The second-order valence-electron chi connectivity index (χ2n) is 4.31. The summed E-state index contributed by atoms with van der Waals surface area (Å²) >= 11 is 0. The normalized spacial score (nSPS) is 12.9. The lowest BCUT2D eigenvalue weighted by Crippen LogP contribution is -2.25. The van der Waals surface area contributed by atoms with Crippen LogP contribution in [0.5, 0.6) is 0 Å². The fourth-order valence-electron chi connectivity index (χ4n) is 1.49. The first-order valence-corrected chi connectivity index (χ1v) is 5.64. The Bertz CT molecular complexity index is 290. The minimum Gasteiger partial charge on any atom is -0.372 e. The van der Waals surface area contributed by atoms with Crippen LogP contribution in [0.1, 0.15) is 38.8 Å². The predicted molar refractivity (Wildman–Crippen MR) is 67.2 cm³/mol. The number of benzene rings is 1. The van der Waals surface area contributed by atoms with E-state index in [9.17, 15) is 0 Å². The Balaban J connectivity index is 2.80. The Morgan fingerprint density at radius 3 is 2.13 bits per heavy atom. The first kappa shape index (κ1) is 12.1. The summed E-state index contributed by atoms with van der Waals surface area (Å²) in [6, 6.07) is 9.24. The second-order valence-corrected chi connectivity index (χ2v) is 4.31. The van der Waals surface area contributed by atoms with Gasteiger partial charge in [-0.1, -0.05) is 19.1 Å². The zero-order chi connectivity index (χ0) is 11.4. The van der Waals surface area contributed by atoms with Crippen molar-refractivity contribution < 1.29 is 0 Å². The van der Waals surface area contributed by atoms with Gasteiger partial charge in [-0.25, -0.2) is 0 Å². The van der Waals surface area contributed by atoms with Crippen molar-refractivity contribution in [3.63, 3.8) is 0 Å². The monoisotopic (exact) mass is 206 g/mol. The van der Waals surface area contributed by atoms with Gasteiger partial charge >= 0.3 is 0 Å². The van der Waals surface area contributed by atoms with Crippen LogP contribution in [0.2, 0.25) is 0 Å². The van der Waals surface area contributed by atoms with E-state index >= 15 is 0 Å². The van der Waals surface area contributed by atoms with Gasteiger partial charge in [-0.05, 0) is 38.0 Å². The van der Waals surface area contributed by atoms with E-state index < -0.39 is 0 Å². The van der Waals surface area contributed by atoms with Gasteiger partial charge in [-0.15, -0.1) is 0 Å². The van der Waals surface area contributed by atoms with Crippen molar-refractivity contribution in [3.8, 4) is 0 Å². The molecule has 1 aromatic carbocycles. The highest BCUT2D eigenvalue weighted by atomic mass is 15.1. The molecular formula is C13H22N2. The van der Waals surface area contributed by atoms with Crippen LogP contribution in [-0.2, 0) is 0 Å². The van der Waals surface area contributed by atoms with E-state index in [0.717, 1.165) is 6.42 Å². The summed E-state index contributed by atoms with van der Waals surface area (Å²) < 4.78 is 0. The lowest BCUT2D eigenvalue weighted by atomic mass is 10.0. The van der Waals surface area contributed by atoms with E-state index in [-0.39, 0.29) is 6.04 Å². The molecule has 1 rings (SSSR count). The maximum absolute atomic E-state index is 5.97. The van der Waals surface area contributed by atoms with Crippen molar-refractivity contribution in [1.29, 1.82) is 0 Å². The molecule has 0 radical (unpaired) electrons. The van der Waals surface area contributed by atoms with Crippen LogP contribution in [0.3, 0.4) is 0 Å². The summed E-state index contributed by atoms with van der Waals surface area (Å²) in [5, 5.41) is 0. The summed E-state index contributed by atoms with van der Waals surface area (Å²) in [5.74, 6) is 0. The molecule has 0 saturated heterocycles. The molecule has 0 amide bonds. The second kappa shape index (κ2) is 5.17. The standard InChI is InChI=1S/C13H22N2/c1-5-13(14)11-6-8-12(9-7-11)15(4)10(2)3/h6-10,13H,5,14H2,1-4H3/t13-/m0/s1. The molecule has 15 heavy (non-hydrogen) atoms. The molecule has 0 aliphatic rings. The van der Waals surface area contributed by atoms with Crippen LogP contribution in [-0.4, -0.2) is 13.1 Å². The molecule has 2 nitrogen and oxygen atoms in total. The van der Waals surface area contributed by atoms with Gasteiger partial charge in [0.05, 0.1) is 0 Å². The highest BCUT2D eigenvalue weighted by Crippen LogP contribution is 2.19. The highest BCUT2D eigenvalue weighted by molar-refractivity contribution is 5.47. The average molecular weight is 206 g/mol. The van der Waals surface area contributed by atoms with Crippen molar-refractivity contribution in [2.75, 3.05) is 11.9 Å². The van der Waals surface area contributed by atoms with Crippen LogP contribution in [0, 0.1) is 0 Å². The summed E-state index contributed by atoms with van der Waals surface area (Å²) in [5.41, 5.74) is 8.43. The fourth-order valence-corrected chi connectivity index (χ4v) is 1.49. The van der Waals surface area contributed by atoms with E-state index in [1.807, 2.05) is 0 Å². The van der Waals surface area contributed by atoms with Crippen molar-refractivity contribution in [2.24, 2.45) is 5.73 Å². The molecule has 0 aromatic heterocycles. The van der Waals surface area contributed by atoms with Crippen LogP contribution >= 0.6 is 0 Å². The Morgan fingerprint density at radius 2 is 1.73 bits per heavy atom. The third-order valence-corrected chi connectivity index (χ3v) is 2.94. The number of anilines is 1. The van der Waals surface area contributed by atoms with Crippen LogP contribution in [0.15, 0.2) is 24.3 Å². The Hall–Kier alpha value is -1.02. The highest BCUT2D eigenvalue weighted by Gasteiger charge is 2.06. The van der Waals surface area contributed by atoms with E-state index in [4.69, 9.17) is 5.73 Å². The first-order valence-electron chi connectivity index (χ1n) is 5.64. The minimum absolute atomic E-state index is 0.170. The van der Waals surface area contributed by atoms with E-state index in [1.165, 1.54) is 11.3 Å². The zero-order valence-corrected chi connectivity index (χ0v) is 10.2. The van der Waals surface area contributed by atoms with Crippen molar-refractivity contribution in [3.05, 3.63) is 29.8 Å². The molecule has 0 spiro atoms. The van der Waals surface area contributed by atoms with Crippen LogP contribution in [0.4, 0.5) is 5.69 Å². The third kappa shape index (κ3) is 2.96. The maximum atomic E-state index is 5.97. The van der Waals surface area contributed by atoms with Gasteiger partial charge in [0.25, 0.3) is 0 Å². The van der Waals surface area contributed by atoms with E-state index in [0.29, 0.717) is 6.04 Å².